The highest BCUT2D eigenvalue weighted by atomic mass is 35.5. The molecule has 14 heavy (non-hydrogen) atoms. The van der Waals surface area contributed by atoms with Gasteiger partial charge in [0.05, 0.1) is 6.04 Å². The normalized spacial score (nSPS) is 11.6. The summed E-state index contributed by atoms with van der Waals surface area (Å²) in [5.74, 6) is 0.202. The fourth-order valence-corrected chi connectivity index (χ4v) is 1.03. The fourth-order valence-electron chi connectivity index (χ4n) is 1.03. The number of ketones is 1. The molecule has 3 nitrogen and oxygen atoms in total. The lowest BCUT2D eigenvalue weighted by atomic mass is 10.0. The number of Topliss-reactive ketones (excluding diaryl/α,β-unsaturated/α-hetero) is 1. The van der Waals surface area contributed by atoms with E-state index in [2.05, 4.69) is 0 Å². The van der Waals surface area contributed by atoms with Crippen molar-refractivity contribution in [2.24, 2.45) is 5.73 Å². The summed E-state index contributed by atoms with van der Waals surface area (Å²) >= 11 is 0. The molecule has 1 aromatic rings. The van der Waals surface area contributed by atoms with Crippen molar-refractivity contribution in [3.8, 4) is 5.75 Å². The minimum Gasteiger partial charge on any atom is -0.508 e. The van der Waals surface area contributed by atoms with Gasteiger partial charge in [-0.3, -0.25) is 4.79 Å². The van der Waals surface area contributed by atoms with Gasteiger partial charge < -0.3 is 10.8 Å². The van der Waals surface area contributed by atoms with Gasteiger partial charge in [0.25, 0.3) is 0 Å². The molecule has 0 fully saturated rings. The van der Waals surface area contributed by atoms with Gasteiger partial charge in [0, 0.05) is 0 Å². The Bertz CT molecular complexity index is 297. The third-order valence-corrected chi connectivity index (χ3v) is 1.91. The molecule has 1 aromatic carbocycles. The predicted molar refractivity (Wildman–Crippen MR) is 57.7 cm³/mol. The van der Waals surface area contributed by atoms with Crippen LogP contribution in [0.3, 0.4) is 0 Å². The SMILES string of the molecule is CC(=O)C(N)Cc1ccc(O)cc1.Cl. The third kappa shape index (κ3) is 3.77. The molecule has 0 spiro atoms. The Morgan fingerprint density at radius 3 is 2.36 bits per heavy atom. The quantitative estimate of drug-likeness (QED) is 0.798. The summed E-state index contributed by atoms with van der Waals surface area (Å²) in [6.07, 6.45) is 0.523. The molecule has 1 rings (SSSR count). The molecule has 0 amide bonds. The van der Waals surface area contributed by atoms with E-state index >= 15 is 0 Å². The average molecular weight is 216 g/mol. The van der Waals surface area contributed by atoms with Crippen molar-refractivity contribution in [3.05, 3.63) is 29.8 Å². The van der Waals surface area contributed by atoms with Crippen molar-refractivity contribution in [3.63, 3.8) is 0 Å². The molecular weight excluding hydrogens is 202 g/mol. The van der Waals surface area contributed by atoms with Crippen molar-refractivity contribution in [1.82, 2.24) is 0 Å². The van der Waals surface area contributed by atoms with Crippen LogP contribution in [0.15, 0.2) is 24.3 Å². The number of benzene rings is 1. The summed E-state index contributed by atoms with van der Waals surface area (Å²) in [6, 6.07) is 6.25. The number of hydrogen-bond acceptors (Lipinski definition) is 3. The number of nitrogens with two attached hydrogens (primary N) is 1. The number of phenolic OH excluding ortho intramolecular Hbond substituents is 1. The first-order valence-electron chi connectivity index (χ1n) is 4.13. The predicted octanol–water partition coefficient (Wildman–Crippen LogP) is 1.27. The monoisotopic (exact) mass is 215 g/mol. The lowest BCUT2D eigenvalue weighted by Gasteiger charge is -2.07. The molecule has 0 aromatic heterocycles. The van der Waals surface area contributed by atoms with Gasteiger partial charge in [-0.15, -0.1) is 12.4 Å². The van der Waals surface area contributed by atoms with Crippen molar-refractivity contribution in [1.29, 1.82) is 0 Å². The highest BCUT2D eigenvalue weighted by molar-refractivity contribution is 5.85. The average Bonchev–Trinajstić information content (AvgIpc) is 2.08. The van der Waals surface area contributed by atoms with Crippen LogP contribution in [0.1, 0.15) is 12.5 Å². The number of hydrogen-bond donors (Lipinski definition) is 2. The van der Waals surface area contributed by atoms with Gasteiger partial charge >= 0.3 is 0 Å². The second kappa shape index (κ2) is 5.62. The molecule has 0 radical (unpaired) electrons. The van der Waals surface area contributed by atoms with Gasteiger partial charge in [-0.2, -0.15) is 0 Å². The summed E-state index contributed by atoms with van der Waals surface area (Å²) in [5.41, 5.74) is 6.53. The Balaban J connectivity index is 0.00000169. The lowest BCUT2D eigenvalue weighted by molar-refractivity contribution is -0.118. The first kappa shape index (κ1) is 12.9. The molecule has 78 valence electrons. The van der Waals surface area contributed by atoms with Crippen LogP contribution >= 0.6 is 12.4 Å². The Kier molecular flexibility index (Phi) is 5.20. The van der Waals surface area contributed by atoms with Crippen LogP contribution in [0.2, 0.25) is 0 Å². The van der Waals surface area contributed by atoms with E-state index < -0.39 is 6.04 Å². The van der Waals surface area contributed by atoms with Gasteiger partial charge in [0.1, 0.15) is 11.5 Å². The van der Waals surface area contributed by atoms with E-state index in [1.807, 2.05) is 0 Å². The van der Waals surface area contributed by atoms with Crippen molar-refractivity contribution in [2.45, 2.75) is 19.4 Å². The van der Waals surface area contributed by atoms with Gasteiger partial charge in [-0.1, -0.05) is 12.1 Å². The van der Waals surface area contributed by atoms with Crippen LogP contribution in [-0.4, -0.2) is 16.9 Å². The first-order chi connectivity index (χ1) is 6.09. The van der Waals surface area contributed by atoms with E-state index in [9.17, 15) is 4.79 Å². The molecule has 1 unspecified atom stereocenters. The van der Waals surface area contributed by atoms with Gasteiger partial charge in [0.2, 0.25) is 0 Å². The molecule has 0 aliphatic carbocycles. The Morgan fingerprint density at radius 1 is 1.43 bits per heavy atom. The molecule has 3 N–H and O–H groups in total. The van der Waals surface area contributed by atoms with Crippen molar-refractivity contribution in [2.75, 3.05) is 0 Å². The third-order valence-electron chi connectivity index (χ3n) is 1.91. The zero-order valence-electron chi connectivity index (χ0n) is 7.93. The summed E-state index contributed by atoms with van der Waals surface area (Å²) < 4.78 is 0. The van der Waals surface area contributed by atoms with E-state index in [4.69, 9.17) is 10.8 Å². The molecule has 0 aliphatic rings. The van der Waals surface area contributed by atoms with E-state index in [0.29, 0.717) is 6.42 Å². The largest absolute Gasteiger partial charge is 0.508 e. The smallest absolute Gasteiger partial charge is 0.146 e. The Hall–Kier alpha value is -1.06. The molecule has 0 saturated carbocycles. The molecule has 0 aliphatic heterocycles. The second-order valence-electron chi connectivity index (χ2n) is 3.09. The number of carbonyl (C=O) groups excluding carboxylic acids is 1. The maximum absolute atomic E-state index is 10.8. The fraction of sp³-hybridized carbons (Fsp3) is 0.300. The number of carbonyl (C=O) groups is 1. The van der Waals surface area contributed by atoms with Gasteiger partial charge in [-0.25, -0.2) is 0 Å². The maximum Gasteiger partial charge on any atom is 0.146 e. The maximum atomic E-state index is 10.8. The Labute approximate surface area is 89.3 Å². The van der Waals surface area contributed by atoms with Gasteiger partial charge in [-0.05, 0) is 31.0 Å². The van der Waals surface area contributed by atoms with Crippen LogP contribution in [-0.2, 0) is 11.2 Å². The van der Waals surface area contributed by atoms with Crippen LogP contribution in [0.25, 0.3) is 0 Å². The number of rotatable bonds is 3. The Morgan fingerprint density at radius 2 is 1.93 bits per heavy atom. The van der Waals surface area contributed by atoms with Crippen LogP contribution in [0, 0.1) is 0 Å². The molecule has 4 heteroatoms. The highest BCUT2D eigenvalue weighted by Gasteiger charge is 2.08. The van der Waals surface area contributed by atoms with E-state index in [1.165, 1.54) is 6.92 Å². The summed E-state index contributed by atoms with van der Waals surface area (Å²) in [6.45, 7) is 1.48. The molecule has 0 heterocycles. The van der Waals surface area contributed by atoms with Crippen LogP contribution < -0.4 is 5.73 Å². The topological polar surface area (TPSA) is 63.3 Å². The second-order valence-corrected chi connectivity index (χ2v) is 3.09. The van der Waals surface area contributed by atoms with E-state index in [0.717, 1.165) is 5.56 Å². The number of aromatic hydroxyl groups is 1. The van der Waals surface area contributed by atoms with Crippen molar-refractivity contribution < 1.29 is 9.90 Å². The molecule has 0 saturated heterocycles. The summed E-state index contributed by atoms with van der Waals surface area (Å²) in [5, 5.41) is 9.00. The van der Waals surface area contributed by atoms with Gasteiger partial charge in [0.15, 0.2) is 0 Å². The highest BCUT2D eigenvalue weighted by Crippen LogP contribution is 2.10. The number of phenols is 1. The molecule has 1 atom stereocenters. The minimum absolute atomic E-state index is 0. The zero-order chi connectivity index (χ0) is 9.84. The van der Waals surface area contributed by atoms with Crippen LogP contribution in [0.5, 0.6) is 5.75 Å². The molecule has 0 bridgehead atoms. The standard InChI is InChI=1S/C10H13NO2.ClH/c1-7(12)10(11)6-8-2-4-9(13)5-3-8;/h2-5,10,13H,6,11H2,1H3;1H. The minimum atomic E-state index is -0.440. The summed E-state index contributed by atoms with van der Waals surface area (Å²) in [7, 11) is 0. The first-order valence-corrected chi connectivity index (χ1v) is 4.13. The van der Waals surface area contributed by atoms with E-state index in [-0.39, 0.29) is 23.9 Å². The lowest BCUT2D eigenvalue weighted by Crippen LogP contribution is -2.30. The van der Waals surface area contributed by atoms with Crippen LogP contribution in [0.4, 0.5) is 0 Å². The van der Waals surface area contributed by atoms with Crippen molar-refractivity contribution >= 4 is 18.2 Å². The zero-order valence-corrected chi connectivity index (χ0v) is 8.75. The van der Waals surface area contributed by atoms with E-state index in [1.54, 1.807) is 24.3 Å². The summed E-state index contributed by atoms with van der Waals surface area (Å²) in [4.78, 5) is 10.8. The molecular formula is C10H14ClNO2. The number of halogens is 1.